The number of nitriles is 1. The molecule has 0 N–H and O–H groups in total. The fourth-order valence-electron chi connectivity index (χ4n) is 0.751. The minimum Gasteiger partial charge on any atom is -0.352 e. The number of hydrogen-bond donors (Lipinski definition) is 0. The van der Waals surface area contributed by atoms with Crippen molar-refractivity contribution < 1.29 is 4.18 Å². The lowest BCUT2D eigenvalue weighted by molar-refractivity contribution is 0.594. The van der Waals surface area contributed by atoms with Gasteiger partial charge in [-0.05, 0) is 17.7 Å². The van der Waals surface area contributed by atoms with Crippen LogP contribution in [0.25, 0.3) is 0 Å². The van der Waals surface area contributed by atoms with E-state index in [9.17, 15) is 0 Å². The Balaban J connectivity index is 2.48. The standard InChI is InChI=1S/C8H6ClNOS/c9-8-3-1-2-7(4-8)5-12-11-6-10/h1-4H,5H2. The van der Waals surface area contributed by atoms with Gasteiger partial charge in [0.05, 0.1) is 17.8 Å². The van der Waals surface area contributed by atoms with Crippen molar-refractivity contribution in [2.45, 2.75) is 5.75 Å². The van der Waals surface area contributed by atoms with Crippen molar-refractivity contribution in [2.75, 3.05) is 0 Å². The number of halogens is 1. The summed E-state index contributed by atoms with van der Waals surface area (Å²) < 4.78 is 4.46. The molecule has 0 fully saturated rings. The molecule has 0 saturated carbocycles. The lowest BCUT2D eigenvalue weighted by Gasteiger charge is -1.97. The molecule has 1 aromatic carbocycles. The zero-order valence-electron chi connectivity index (χ0n) is 6.16. The highest BCUT2D eigenvalue weighted by molar-refractivity contribution is 7.94. The molecule has 0 bridgehead atoms. The third-order valence-corrected chi connectivity index (χ3v) is 2.09. The van der Waals surface area contributed by atoms with E-state index in [1.807, 2.05) is 18.2 Å². The molecule has 1 aromatic rings. The largest absolute Gasteiger partial charge is 0.352 e. The van der Waals surface area contributed by atoms with Crippen LogP contribution in [-0.2, 0) is 9.94 Å². The van der Waals surface area contributed by atoms with E-state index in [2.05, 4.69) is 4.18 Å². The normalized spacial score (nSPS) is 9.00. The van der Waals surface area contributed by atoms with Crippen molar-refractivity contribution in [3.63, 3.8) is 0 Å². The van der Waals surface area contributed by atoms with Crippen LogP contribution in [0.1, 0.15) is 5.56 Å². The Labute approximate surface area is 80.3 Å². The molecule has 2 nitrogen and oxygen atoms in total. The average Bonchev–Trinajstić information content (AvgIpc) is 2.05. The van der Waals surface area contributed by atoms with E-state index >= 15 is 0 Å². The highest BCUT2D eigenvalue weighted by Gasteiger charge is 1.94. The van der Waals surface area contributed by atoms with Crippen LogP contribution < -0.4 is 0 Å². The Morgan fingerprint density at radius 1 is 1.58 bits per heavy atom. The Kier molecular flexibility index (Phi) is 3.78. The molecule has 4 heteroatoms. The van der Waals surface area contributed by atoms with Crippen LogP contribution >= 0.6 is 23.6 Å². The van der Waals surface area contributed by atoms with Crippen LogP contribution in [0.5, 0.6) is 0 Å². The van der Waals surface area contributed by atoms with E-state index in [1.165, 1.54) is 0 Å². The quantitative estimate of drug-likeness (QED) is 0.426. The van der Waals surface area contributed by atoms with Gasteiger partial charge >= 0.3 is 0 Å². The molecule has 0 amide bonds. The van der Waals surface area contributed by atoms with Crippen LogP contribution in [0.2, 0.25) is 5.02 Å². The summed E-state index contributed by atoms with van der Waals surface area (Å²) in [6, 6.07) is 7.44. The highest BCUT2D eigenvalue weighted by Crippen LogP contribution is 2.16. The van der Waals surface area contributed by atoms with Crippen molar-refractivity contribution in [1.82, 2.24) is 0 Å². The monoisotopic (exact) mass is 199 g/mol. The van der Waals surface area contributed by atoms with E-state index in [0.29, 0.717) is 10.8 Å². The predicted octanol–water partition coefficient (Wildman–Crippen LogP) is 2.99. The van der Waals surface area contributed by atoms with Crippen molar-refractivity contribution >= 4 is 23.6 Å². The van der Waals surface area contributed by atoms with Gasteiger partial charge in [-0.1, -0.05) is 23.7 Å². The Morgan fingerprint density at radius 3 is 3.08 bits per heavy atom. The predicted molar refractivity (Wildman–Crippen MR) is 49.4 cm³/mol. The molecule has 0 aliphatic rings. The zero-order valence-corrected chi connectivity index (χ0v) is 7.73. The van der Waals surface area contributed by atoms with Crippen molar-refractivity contribution in [1.29, 1.82) is 5.26 Å². The SMILES string of the molecule is N#COSCc1cccc(Cl)c1. The molecule has 0 aliphatic heterocycles. The molecule has 0 aromatic heterocycles. The third kappa shape index (κ3) is 3.04. The van der Waals surface area contributed by atoms with Crippen LogP contribution in [-0.4, -0.2) is 0 Å². The topological polar surface area (TPSA) is 33.0 Å². The summed E-state index contributed by atoms with van der Waals surface area (Å²) in [7, 11) is 0. The summed E-state index contributed by atoms with van der Waals surface area (Å²) in [4.78, 5) is 0. The first-order chi connectivity index (χ1) is 5.83. The maximum Gasteiger partial charge on any atom is 0.299 e. The van der Waals surface area contributed by atoms with E-state index in [1.54, 1.807) is 12.3 Å². The molecule has 62 valence electrons. The third-order valence-electron chi connectivity index (χ3n) is 1.21. The lowest BCUT2D eigenvalue weighted by Crippen LogP contribution is -1.79. The molecule has 0 heterocycles. The first-order valence-electron chi connectivity index (χ1n) is 3.25. The van der Waals surface area contributed by atoms with Crippen molar-refractivity contribution in [3.8, 4) is 6.26 Å². The van der Waals surface area contributed by atoms with Gasteiger partial charge < -0.3 is 4.18 Å². The van der Waals surface area contributed by atoms with Crippen LogP contribution in [0.15, 0.2) is 24.3 Å². The van der Waals surface area contributed by atoms with Gasteiger partial charge in [-0.15, -0.1) is 5.26 Å². The molecule has 0 unspecified atom stereocenters. The number of benzene rings is 1. The van der Waals surface area contributed by atoms with Crippen LogP contribution in [0, 0.1) is 11.5 Å². The van der Waals surface area contributed by atoms with E-state index in [4.69, 9.17) is 16.9 Å². The second-order valence-corrected chi connectivity index (χ2v) is 3.19. The Hall–Kier alpha value is -0.850. The summed E-state index contributed by atoms with van der Waals surface area (Å²) in [6.45, 7) is 0. The summed E-state index contributed by atoms with van der Waals surface area (Å²) in [5.74, 6) is 0.633. The zero-order chi connectivity index (χ0) is 8.81. The summed E-state index contributed by atoms with van der Waals surface area (Å²) >= 11 is 6.84. The maximum atomic E-state index is 8.08. The van der Waals surface area contributed by atoms with Gasteiger partial charge in [0, 0.05) is 5.02 Å². The molecule has 0 spiro atoms. The van der Waals surface area contributed by atoms with Gasteiger partial charge in [-0.25, -0.2) is 0 Å². The second-order valence-electron chi connectivity index (χ2n) is 2.07. The van der Waals surface area contributed by atoms with Crippen LogP contribution in [0.3, 0.4) is 0 Å². The van der Waals surface area contributed by atoms with E-state index < -0.39 is 0 Å². The Morgan fingerprint density at radius 2 is 2.42 bits per heavy atom. The minimum absolute atomic E-state index is 0.633. The fraction of sp³-hybridized carbons (Fsp3) is 0.125. The molecule has 12 heavy (non-hydrogen) atoms. The van der Waals surface area contributed by atoms with Gasteiger partial charge in [0.15, 0.2) is 0 Å². The molecular weight excluding hydrogens is 194 g/mol. The molecule has 1 rings (SSSR count). The van der Waals surface area contributed by atoms with E-state index in [0.717, 1.165) is 17.6 Å². The van der Waals surface area contributed by atoms with Crippen LogP contribution in [0.4, 0.5) is 0 Å². The number of hydrogen-bond acceptors (Lipinski definition) is 3. The molecular formula is C8H6ClNOS. The average molecular weight is 200 g/mol. The summed E-state index contributed by atoms with van der Waals surface area (Å²) in [5.41, 5.74) is 1.04. The highest BCUT2D eigenvalue weighted by atomic mass is 35.5. The van der Waals surface area contributed by atoms with Gasteiger partial charge in [0.2, 0.25) is 0 Å². The molecule has 0 aliphatic carbocycles. The number of rotatable bonds is 3. The second kappa shape index (κ2) is 4.91. The van der Waals surface area contributed by atoms with Gasteiger partial charge in [-0.2, -0.15) is 0 Å². The van der Waals surface area contributed by atoms with E-state index in [-0.39, 0.29) is 0 Å². The smallest absolute Gasteiger partial charge is 0.299 e. The fourth-order valence-corrected chi connectivity index (χ4v) is 1.39. The van der Waals surface area contributed by atoms with Gasteiger partial charge in [-0.3, -0.25) is 0 Å². The minimum atomic E-state index is 0.633. The van der Waals surface area contributed by atoms with Crippen molar-refractivity contribution in [3.05, 3.63) is 34.9 Å². The first kappa shape index (κ1) is 9.24. The maximum absolute atomic E-state index is 8.08. The van der Waals surface area contributed by atoms with Gasteiger partial charge in [0.1, 0.15) is 0 Å². The molecule has 0 saturated heterocycles. The molecule has 0 radical (unpaired) electrons. The first-order valence-corrected chi connectivity index (χ1v) is 4.54. The number of nitrogens with zero attached hydrogens (tertiary/aromatic N) is 1. The van der Waals surface area contributed by atoms with Crippen molar-refractivity contribution in [2.24, 2.45) is 0 Å². The van der Waals surface area contributed by atoms with Gasteiger partial charge in [0.25, 0.3) is 6.26 Å². The molecule has 0 atom stereocenters. The summed E-state index contributed by atoms with van der Waals surface area (Å²) in [6.07, 6.45) is 1.58. The Bertz CT molecular complexity index is 297. The summed E-state index contributed by atoms with van der Waals surface area (Å²) in [5, 5.41) is 8.78. The lowest BCUT2D eigenvalue weighted by atomic mass is 10.2.